The molecule has 3 atom stereocenters. The summed E-state index contributed by atoms with van der Waals surface area (Å²) >= 11 is 0. The molecule has 2 heterocycles. The molecule has 1 saturated carbocycles. The van der Waals surface area contributed by atoms with Crippen LogP contribution in [0.4, 0.5) is 0 Å². The zero-order chi connectivity index (χ0) is 29.9. The van der Waals surface area contributed by atoms with Gasteiger partial charge in [0.05, 0.1) is 33.5 Å². The predicted molar refractivity (Wildman–Crippen MR) is 154 cm³/mol. The van der Waals surface area contributed by atoms with Gasteiger partial charge in [0.15, 0.2) is 11.5 Å². The highest BCUT2D eigenvalue weighted by atomic mass is 16.6. The Bertz CT molecular complexity index is 1350. The SMILES string of the molecule is COC1=C(C)C(=O)O[C@]12C(=O)C[C@@H](CCCCOCc1ccc(OC)cc1)[C@@]21CCC(=O)N1Cc1ccc(OC)cc1. The molecule has 1 aliphatic carbocycles. The molecule has 0 aromatic heterocycles. The molecule has 0 N–H and O–H groups in total. The third-order valence-electron chi connectivity index (χ3n) is 9.05. The van der Waals surface area contributed by atoms with Gasteiger partial charge in [-0.2, -0.15) is 0 Å². The standard InChI is InChI=1S/C33H39NO8/c1-22-30(40-4)33(42-31(22)37)28(35)19-25(7-5-6-18-41-21-24-10-14-27(39-3)15-11-24)32(33)17-16-29(36)34(32)20-23-8-12-26(38-2)13-9-23/h8-15,25H,5-7,16-21H2,1-4H3/t25-,32+,33-/m1/s1. The summed E-state index contributed by atoms with van der Waals surface area (Å²) in [6.45, 7) is 2.97. The number of Topliss-reactive ketones (excluding diaryl/α,β-unsaturated/α-hetero) is 1. The lowest BCUT2D eigenvalue weighted by Crippen LogP contribution is -2.65. The summed E-state index contributed by atoms with van der Waals surface area (Å²) in [6, 6.07) is 15.3. The van der Waals surface area contributed by atoms with E-state index in [1.165, 1.54) is 7.11 Å². The van der Waals surface area contributed by atoms with Gasteiger partial charge in [-0.3, -0.25) is 9.59 Å². The van der Waals surface area contributed by atoms with E-state index in [9.17, 15) is 14.4 Å². The molecule has 0 radical (unpaired) electrons. The van der Waals surface area contributed by atoms with E-state index in [0.29, 0.717) is 31.8 Å². The zero-order valence-electron chi connectivity index (χ0n) is 24.8. The fraction of sp³-hybridized carbons (Fsp3) is 0.485. The summed E-state index contributed by atoms with van der Waals surface area (Å²) in [7, 11) is 4.70. The van der Waals surface area contributed by atoms with Crippen LogP contribution in [-0.2, 0) is 41.7 Å². The maximum Gasteiger partial charge on any atom is 0.338 e. The van der Waals surface area contributed by atoms with Gasteiger partial charge in [-0.05, 0) is 67.5 Å². The van der Waals surface area contributed by atoms with Crippen LogP contribution in [0.2, 0.25) is 0 Å². The number of hydrogen-bond acceptors (Lipinski definition) is 8. The Morgan fingerprint density at radius 1 is 0.881 bits per heavy atom. The number of nitrogens with zero attached hydrogens (tertiary/aromatic N) is 1. The molecule has 2 spiro atoms. The summed E-state index contributed by atoms with van der Waals surface area (Å²) < 4.78 is 28.2. The van der Waals surface area contributed by atoms with Gasteiger partial charge in [-0.1, -0.05) is 30.7 Å². The number of ketones is 1. The normalized spacial score (nSPS) is 25.2. The van der Waals surface area contributed by atoms with Crippen LogP contribution in [0.15, 0.2) is 59.9 Å². The van der Waals surface area contributed by atoms with Crippen LogP contribution in [-0.4, -0.2) is 61.6 Å². The van der Waals surface area contributed by atoms with Crippen molar-refractivity contribution in [3.63, 3.8) is 0 Å². The highest BCUT2D eigenvalue weighted by molar-refractivity contribution is 6.05. The van der Waals surface area contributed by atoms with Crippen LogP contribution in [0.3, 0.4) is 0 Å². The lowest BCUT2D eigenvalue weighted by molar-refractivity contribution is -0.173. The summed E-state index contributed by atoms with van der Waals surface area (Å²) in [6.07, 6.45) is 3.13. The largest absolute Gasteiger partial charge is 0.497 e. The van der Waals surface area contributed by atoms with Crippen LogP contribution >= 0.6 is 0 Å². The van der Waals surface area contributed by atoms with E-state index >= 15 is 0 Å². The van der Waals surface area contributed by atoms with Gasteiger partial charge in [-0.25, -0.2) is 4.79 Å². The molecule has 2 aliphatic heterocycles. The fourth-order valence-corrected chi connectivity index (χ4v) is 7.02. The van der Waals surface area contributed by atoms with E-state index < -0.39 is 17.1 Å². The molecule has 1 saturated heterocycles. The molecule has 0 bridgehead atoms. The number of methoxy groups -OCH3 is 3. The Morgan fingerprint density at radius 3 is 2.14 bits per heavy atom. The Labute approximate surface area is 246 Å². The maximum absolute atomic E-state index is 14.0. The fourth-order valence-electron chi connectivity index (χ4n) is 7.02. The van der Waals surface area contributed by atoms with E-state index in [1.807, 2.05) is 48.5 Å². The third kappa shape index (κ3) is 4.93. The number of carbonyl (C=O) groups is 3. The summed E-state index contributed by atoms with van der Waals surface area (Å²) in [5.41, 5.74) is -0.439. The molecular weight excluding hydrogens is 538 g/mol. The van der Waals surface area contributed by atoms with Crippen LogP contribution in [0.5, 0.6) is 11.5 Å². The molecule has 2 fully saturated rings. The number of fused-ring (bicyclic) bond motifs is 1. The molecule has 42 heavy (non-hydrogen) atoms. The first-order valence-electron chi connectivity index (χ1n) is 14.5. The number of esters is 1. The van der Waals surface area contributed by atoms with Crippen molar-refractivity contribution in [1.82, 2.24) is 4.90 Å². The number of amides is 1. The van der Waals surface area contributed by atoms with E-state index in [1.54, 1.807) is 26.0 Å². The molecule has 0 unspecified atom stereocenters. The van der Waals surface area contributed by atoms with Crippen molar-refractivity contribution in [2.75, 3.05) is 27.9 Å². The zero-order valence-corrected chi connectivity index (χ0v) is 24.8. The van der Waals surface area contributed by atoms with Crippen LogP contribution in [0.1, 0.15) is 56.6 Å². The Hall–Kier alpha value is -3.85. The molecule has 2 aromatic rings. The summed E-state index contributed by atoms with van der Waals surface area (Å²) in [5, 5.41) is 0. The Morgan fingerprint density at radius 2 is 1.52 bits per heavy atom. The number of rotatable bonds is 12. The molecule has 2 aromatic carbocycles. The molecular formula is C33H39NO8. The quantitative estimate of drug-likeness (QED) is 0.263. The number of benzene rings is 2. The number of hydrogen-bond donors (Lipinski definition) is 0. The minimum Gasteiger partial charge on any atom is -0.497 e. The topological polar surface area (TPSA) is 101 Å². The van der Waals surface area contributed by atoms with Gasteiger partial charge in [-0.15, -0.1) is 0 Å². The van der Waals surface area contributed by atoms with Gasteiger partial charge in [0.2, 0.25) is 11.5 Å². The molecule has 224 valence electrons. The first-order valence-corrected chi connectivity index (χ1v) is 14.5. The van der Waals surface area contributed by atoms with Gasteiger partial charge in [0, 0.05) is 26.0 Å². The lowest BCUT2D eigenvalue weighted by Gasteiger charge is -2.48. The Kier molecular flexibility index (Phi) is 8.59. The average molecular weight is 578 g/mol. The highest BCUT2D eigenvalue weighted by Crippen LogP contribution is 2.60. The van der Waals surface area contributed by atoms with Crippen molar-refractivity contribution in [1.29, 1.82) is 0 Å². The van der Waals surface area contributed by atoms with Crippen molar-refractivity contribution in [2.45, 2.75) is 69.7 Å². The van der Waals surface area contributed by atoms with Crippen LogP contribution in [0, 0.1) is 5.92 Å². The molecule has 1 amide bonds. The first kappa shape index (κ1) is 29.6. The minimum absolute atomic E-state index is 0.0660. The van der Waals surface area contributed by atoms with E-state index in [-0.39, 0.29) is 48.3 Å². The number of likely N-dealkylation sites (tertiary alicyclic amines) is 1. The first-order chi connectivity index (χ1) is 20.3. The van der Waals surface area contributed by atoms with Crippen molar-refractivity contribution in [3.05, 3.63) is 71.0 Å². The molecule has 9 nitrogen and oxygen atoms in total. The number of unbranched alkanes of at least 4 members (excludes halogenated alkanes) is 1. The minimum atomic E-state index is -1.64. The smallest absolute Gasteiger partial charge is 0.338 e. The molecule has 9 heteroatoms. The second kappa shape index (κ2) is 12.2. The van der Waals surface area contributed by atoms with Gasteiger partial charge in [0.1, 0.15) is 17.0 Å². The summed E-state index contributed by atoms with van der Waals surface area (Å²) in [5.74, 6) is 0.695. The highest BCUT2D eigenvalue weighted by Gasteiger charge is 2.76. The second-order valence-corrected chi connectivity index (χ2v) is 11.2. The van der Waals surface area contributed by atoms with Crippen molar-refractivity contribution in [2.24, 2.45) is 5.92 Å². The monoisotopic (exact) mass is 577 g/mol. The van der Waals surface area contributed by atoms with Crippen molar-refractivity contribution in [3.8, 4) is 11.5 Å². The van der Waals surface area contributed by atoms with Gasteiger partial charge in [0.25, 0.3) is 0 Å². The number of ether oxygens (including phenoxy) is 5. The second-order valence-electron chi connectivity index (χ2n) is 11.2. The lowest BCUT2D eigenvalue weighted by atomic mass is 9.72. The molecule has 5 rings (SSSR count). The maximum atomic E-state index is 14.0. The van der Waals surface area contributed by atoms with Gasteiger partial charge < -0.3 is 28.6 Å². The third-order valence-corrected chi connectivity index (χ3v) is 9.05. The van der Waals surface area contributed by atoms with Crippen molar-refractivity contribution < 1.29 is 38.1 Å². The van der Waals surface area contributed by atoms with Crippen LogP contribution < -0.4 is 9.47 Å². The Balaban J connectivity index is 1.36. The number of carbonyl (C=O) groups excluding carboxylic acids is 3. The van der Waals surface area contributed by atoms with Gasteiger partial charge >= 0.3 is 5.97 Å². The average Bonchev–Trinajstić information content (AvgIpc) is 3.56. The van der Waals surface area contributed by atoms with E-state index in [2.05, 4.69) is 0 Å². The summed E-state index contributed by atoms with van der Waals surface area (Å²) in [4.78, 5) is 42.3. The molecule has 3 aliphatic rings. The van der Waals surface area contributed by atoms with E-state index in [4.69, 9.17) is 23.7 Å². The van der Waals surface area contributed by atoms with Crippen molar-refractivity contribution >= 4 is 17.7 Å². The van der Waals surface area contributed by atoms with Crippen LogP contribution in [0.25, 0.3) is 0 Å². The van der Waals surface area contributed by atoms with E-state index in [0.717, 1.165) is 29.7 Å². The predicted octanol–water partition coefficient (Wildman–Crippen LogP) is 4.76.